The molecule has 0 bridgehead atoms. The molecule has 0 saturated carbocycles. The summed E-state index contributed by atoms with van der Waals surface area (Å²) in [6.07, 6.45) is 0.670. The SMILES string of the molecule is CCNC(=O)CNC(=O)N1C(CC)SCC1C(=O)O. The van der Waals surface area contributed by atoms with Crippen molar-refractivity contribution in [3.8, 4) is 0 Å². The fraction of sp³-hybridized carbons (Fsp3) is 0.727. The maximum atomic E-state index is 12.0. The molecule has 19 heavy (non-hydrogen) atoms. The minimum Gasteiger partial charge on any atom is -0.480 e. The summed E-state index contributed by atoms with van der Waals surface area (Å²) in [5, 5.41) is 13.9. The normalized spacial score (nSPS) is 22.1. The summed E-state index contributed by atoms with van der Waals surface area (Å²) >= 11 is 1.44. The minimum atomic E-state index is -1.02. The first-order chi connectivity index (χ1) is 9.01. The van der Waals surface area contributed by atoms with Crippen molar-refractivity contribution in [1.82, 2.24) is 15.5 Å². The Kier molecular flexibility index (Phi) is 5.94. The minimum absolute atomic E-state index is 0.142. The number of carboxylic acid groups (broad SMARTS) is 1. The van der Waals surface area contributed by atoms with Crippen molar-refractivity contribution in [3.05, 3.63) is 0 Å². The van der Waals surface area contributed by atoms with Gasteiger partial charge in [-0.3, -0.25) is 9.69 Å². The molecule has 3 N–H and O–H groups in total. The Morgan fingerprint density at radius 3 is 2.53 bits per heavy atom. The summed E-state index contributed by atoms with van der Waals surface area (Å²) in [4.78, 5) is 35.7. The van der Waals surface area contributed by atoms with Gasteiger partial charge in [-0.05, 0) is 13.3 Å². The topological polar surface area (TPSA) is 98.7 Å². The summed E-state index contributed by atoms with van der Waals surface area (Å²) in [7, 11) is 0. The molecule has 1 rings (SSSR count). The number of hydrogen-bond donors (Lipinski definition) is 3. The van der Waals surface area contributed by atoms with Gasteiger partial charge in [0.15, 0.2) is 0 Å². The highest BCUT2D eigenvalue weighted by Gasteiger charge is 2.40. The van der Waals surface area contributed by atoms with Crippen LogP contribution in [0.1, 0.15) is 20.3 Å². The monoisotopic (exact) mass is 289 g/mol. The molecular weight excluding hydrogens is 270 g/mol. The van der Waals surface area contributed by atoms with Crippen LogP contribution in [0.3, 0.4) is 0 Å². The average Bonchev–Trinajstić information content (AvgIpc) is 2.80. The maximum Gasteiger partial charge on any atom is 0.327 e. The molecule has 0 aromatic heterocycles. The third-order valence-electron chi connectivity index (χ3n) is 2.74. The number of likely N-dealkylation sites (N-methyl/N-ethyl adjacent to an activating group) is 1. The second-order valence-electron chi connectivity index (χ2n) is 4.07. The molecule has 0 aromatic rings. The molecule has 2 unspecified atom stereocenters. The van der Waals surface area contributed by atoms with Crippen molar-refractivity contribution >= 4 is 29.7 Å². The summed E-state index contributed by atoms with van der Waals surface area (Å²) < 4.78 is 0. The molecule has 1 saturated heterocycles. The quantitative estimate of drug-likeness (QED) is 0.665. The zero-order valence-corrected chi connectivity index (χ0v) is 11.8. The van der Waals surface area contributed by atoms with Crippen molar-refractivity contribution in [1.29, 1.82) is 0 Å². The van der Waals surface area contributed by atoms with Crippen LogP contribution in [0, 0.1) is 0 Å². The molecular formula is C11H19N3O4S. The van der Waals surface area contributed by atoms with Crippen molar-refractivity contribution in [2.45, 2.75) is 31.7 Å². The van der Waals surface area contributed by atoms with Crippen LogP contribution in [0.15, 0.2) is 0 Å². The van der Waals surface area contributed by atoms with E-state index in [-0.39, 0.29) is 17.8 Å². The van der Waals surface area contributed by atoms with Gasteiger partial charge in [-0.1, -0.05) is 6.92 Å². The van der Waals surface area contributed by atoms with E-state index < -0.39 is 18.0 Å². The van der Waals surface area contributed by atoms with Gasteiger partial charge in [0.1, 0.15) is 6.04 Å². The van der Waals surface area contributed by atoms with Crippen molar-refractivity contribution in [3.63, 3.8) is 0 Å². The highest BCUT2D eigenvalue weighted by molar-refractivity contribution is 8.00. The molecule has 2 atom stereocenters. The number of hydrogen-bond acceptors (Lipinski definition) is 4. The first-order valence-corrected chi connectivity index (χ1v) is 7.23. The molecule has 1 aliphatic heterocycles. The largest absolute Gasteiger partial charge is 0.480 e. The highest BCUT2D eigenvalue weighted by atomic mass is 32.2. The van der Waals surface area contributed by atoms with Gasteiger partial charge in [-0.15, -0.1) is 11.8 Å². The second kappa shape index (κ2) is 7.22. The summed E-state index contributed by atoms with van der Waals surface area (Å²) in [6, 6.07) is -1.33. The number of urea groups is 1. The van der Waals surface area contributed by atoms with Crippen molar-refractivity contribution < 1.29 is 19.5 Å². The Morgan fingerprint density at radius 2 is 2.00 bits per heavy atom. The Hall–Kier alpha value is -1.44. The standard InChI is InChI=1S/C11H19N3O4S/c1-3-9-14(7(6-19-9)10(16)17)11(18)13-5-8(15)12-4-2/h7,9H,3-6H2,1-2H3,(H,12,15)(H,13,18)(H,16,17). The van der Waals surface area contributed by atoms with Crippen LogP contribution in [0.2, 0.25) is 0 Å². The van der Waals surface area contributed by atoms with Crippen LogP contribution in [0.5, 0.6) is 0 Å². The van der Waals surface area contributed by atoms with Gasteiger partial charge in [0, 0.05) is 12.3 Å². The first-order valence-electron chi connectivity index (χ1n) is 6.18. The van der Waals surface area contributed by atoms with Crippen LogP contribution in [-0.4, -0.2) is 58.2 Å². The van der Waals surface area contributed by atoms with E-state index in [4.69, 9.17) is 5.11 Å². The summed E-state index contributed by atoms with van der Waals surface area (Å²) in [5.41, 5.74) is 0. The number of carbonyl (C=O) groups excluding carboxylic acids is 2. The number of carbonyl (C=O) groups is 3. The molecule has 0 aliphatic carbocycles. The summed E-state index contributed by atoms with van der Waals surface area (Å²) in [6.45, 7) is 4.02. The fourth-order valence-corrected chi connectivity index (χ4v) is 3.19. The lowest BCUT2D eigenvalue weighted by Gasteiger charge is -2.26. The lowest BCUT2D eigenvalue weighted by Crippen LogP contribution is -2.51. The first kappa shape index (κ1) is 15.6. The van der Waals surface area contributed by atoms with Crippen molar-refractivity contribution in [2.24, 2.45) is 0 Å². The second-order valence-corrected chi connectivity index (χ2v) is 5.28. The van der Waals surface area contributed by atoms with Crippen LogP contribution in [-0.2, 0) is 9.59 Å². The lowest BCUT2D eigenvalue weighted by molar-refractivity contribution is -0.141. The Bertz CT molecular complexity index is 364. The molecule has 108 valence electrons. The van der Waals surface area contributed by atoms with Gasteiger partial charge in [0.05, 0.1) is 11.9 Å². The molecule has 8 heteroatoms. The van der Waals surface area contributed by atoms with Crippen LogP contribution >= 0.6 is 11.8 Å². The zero-order chi connectivity index (χ0) is 14.4. The third kappa shape index (κ3) is 4.02. The third-order valence-corrected chi connectivity index (χ3v) is 4.19. The van der Waals surface area contributed by atoms with E-state index in [1.165, 1.54) is 16.7 Å². The highest BCUT2D eigenvalue weighted by Crippen LogP contribution is 2.31. The molecule has 3 amide bonds. The zero-order valence-electron chi connectivity index (χ0n) is 11.0. The average molecular weight is 289 g/mol. The van der Waals surface area contributed by atoms with Gasteiger partial charge in [-0.25, -0.2) is 9.59 Å². The van der Waals surface area contributed by atoms with Gasteiger partial charge in [-0.2, -0.15) is 0 Å². The van der Waals surface area contributed by atoms with E-state index in [2.05, 4.69) is 10.6 Å². The van der Waals surface area contributed by atoms with Gasteiger partial charge >= 0.3 is 12.0 Å². The van der Waals surface area contributed by atoms with Gasteiger partial charge < -0.3 is 15.7 Å². The molecule has 0 radical (unpaired) electrons. The number of nitrogens with zero attached hydrogens (tertiary/aromatic N) is 1. The predicted molar refractivity (Wildman–Crippen MR) is 71.9 cm³/mol. The number of thioether (sulfide) groups is 1. The van der Waals surface area contributed by atoms with Crippen LogP contribution in [0.4, 0.5) is 4.79 Å². The molecule has 7 nitrogen and oxygen atoms in total. The van der Waals surface area contributed by atoms with Gasteiger partial charge in [0.25, 0.3) is 0 Å². The molecule has 1 heterocycles. The van der Waals surface area contributed by atoms with E-state index in [0.717, 1.165) is 0 Å². The van der Waals surface area contributed by atoms with E-state index in [1.807, 2.05) is 6.92 Å². The fourth-order valence-electron chi connectivity index (χ4n) is 1.85. The van der Waals surface area contributed by atoms with E-state index in [9.17, 15) is 14.4 Å². The number of rotatable bonds is 5. The molecule has 1 aliphatic rings. The molecule has 1 fully saturated rings. The molecule has 0 aromatic carbocycles. The van der Waals surface area contributed by atoms with E-state index in [1.54, 1.807) is 6.92 Å². The van der Waals surface area contributed by atoms with Crippen LogP contribution in [0.25, 0.3) is 0 Å². The Labute approximate surface area is 116 Å². The van der Waals surface area contributed by atoms with Crippen LogP contribution < -0.4 is 10.6 Å². The number of aliphatic carboxylic acids is 1. The Balaban J connectivity index is 2.61. The summed E-state index contributed by atoms with van der Waals surface area (Å²) in [5.74, 6) is -0.929. The predicted octanol–water partition coefficient (Wildman–Crippen LogP) is 0.0702. The molecule has 0 spiro atoms. The number of amides is 3. The Morgan fingerprint density at radius 1 is 1.32 bits per heavy atom. The number of nitrogens with one attached hydrogen (secondary N) is 2. The maximum absolute atomic E-state index is 12.0. The van der Waals surface area contributed by atoms with Gasteiger partial charge in [0.2, 0.25) is 5.91 Å². The van der Waals surface area contributed by atoms with E-state index >= 15 is 0 Å². The van der Waals surface area contributed by atoms with Crippen molar-refractivity contribution in [2.75, 3.05) is 18.8 Å². The van der Waals surface area contributed by atoms with E-state index in [0.29, 0.717) is 18.7 Å². The lowest BCUT2D eigenvalue weighted by atomic mass is 10.3. The number of carboxylic acids is 1. The smallest absolute Gasteiger partial charge is 0.327 e.